The number of hydrogen-bond donors (Lipinski definition) is 0. The quantitative estimate of drug-likeness (QED) is 0.503. The predicted molar refractivity (Wildman–Crippen MR) is 34.8 cm³/mol. The Bertz CT molecular complexity index is 209. The molecule has 0 aromatic heterocycles. The Labute approximate surface area is 71.2 Å². The minimum absolute atomic E-state index is 0.105. The molecule has 1 nitrogen and oxygen atoms in total. The van der Waals surface area contributed by atoms with Crippen LogP contribution in [0.5, 0.6) is 0 Å². The van der Waals surface area contributed by atoms with Gasteiger partial charge < -0.3 is 0 Å². The molecule has 1 aliphatic rings. The second kappa shape index (κ2) is 2.88. The molecule has 0 spiro atoms. The van der Waals surface area contributed by atoms with Crippen LogP contribution >= 0.6 is 0 Å². The molecule has 0 amide bonds. The first-order valence-electron chi connectivity index (χ1n) is 3.31. The van der Waals surface area contributed by atoms with Gasteiger partial charge in [0.05, 0.1) is 0 Å². The minimum atomic E-state index is -0.105. The molecule has 0 aliphatic carbocycles. The SMILES string of the molecule is c1ccc2c(c1)CCO[I-]2. The Morgan fingerprint density at radius 3 is 3.10 bits per heavy atom. The molecule has 0 fully saturated rings. The van der Waals surface area contributed by atoms with Gasteiger partial charge in [0.2, 0.25) is 0 Å². The molecule has 0 radical (unpaired) electrons. The summed E-state index contributed by atoms with van der Waals surface area (Å²) in [6, 6.07) is 8.58. The molecule has 0 N–H and O–H groups in total. The van der Waals surface area contributed by atoms with Gasteiger partial charge in [0.25, 0.3) is 0 Å². The molecular formula is C8H8IO-. The van der Waals surface area contributed by atoms with E-state index >= 15 is 0 Å². The summed E-state index contributed by atoms with van der Waals surface area (Å²) in [6.45, 7) is 0.935. The van der Waals surface area contributed by atoms with Gasteiger partial charge in [-0.25, -0.2) is 0 Å². The first kappa shape index (κ1) is 6.61. The molecule has 0 saturated heterocycles. The Morgan fingerprint density at radius 2 is 2.20 bits per heavy atom. The summed E-state index contributed by atoms with van der Waals surface area (Å²) < 4.78 is 6.87. The monoisotopic (exact) mass is 247 g/mol. The Kier molecular flexibility index (Phi) is 1.90. The van der Waals surface area contributed by atoms with Gasteiger partial charge in [0.15, 0.2) is 0 Å². The summed E-state index contributed by atoms with van der Waals surface area (Å²) in [6.07, 6.45) is 1.11. The first-order chi connectivity index (χ1) is 4.97. The maximum atomic E-state index is 5.41. The molecule has 0 bridgehead atoms. The van der Waals surface area contributed by atoms with E-state index in [0.29, 0.717) is 0 Å². The molecule has 10 heavy (non-hydrogen) atoms. The Balaban J connectivity index is 2.41. The van der Waals surface area contributed by atoms with E-state index in [4.69, 9.17) is 3.07 Å². The zero-order chi connectivity index (χ0) is 6.81. The summed E-state index contributed by atoms with van der Waals surface area (Å²) >= 11 is -0.105. The third kappa shape index (κ3) is 1.18. The topological polar surface area (TPSA) is 9.23 Å². The summed E-state index contributed by atoms with van der Waals surface area (Å²) in [4.78, 5) is 0. The van der Waals surface area contributed by atoms with Crippen molar-refractivity contribution in [3.63, 3.8) is 0 Å². The average molecular weight is 247 g/mol. The fraction of sp³-hybridized carbons (Fsp3) is 0.250. The van der Waals surface area contributed by atoms with E-state index in [-0.39, 0.29) is 21.6 Å². The van der Waals surface area contributed by atoms with Gasteiger partial charge in [-0.2, -0.15) is 0 Å². The second-order valence-electron chi connectivity index (χ2n) is 2.23. The van der Waals surface area contributed by atoms with Crippen molar-refractivity contribution >= 4 is 0 Å². The Morgan fingerprint density at radius 1 is 1.30 bits per heavy atom. The third-order valence-corrected chi connectivity index (χ3v) is 3.82. The van der Waals surface area contributed by atoms with Gasteiger partial charge in [-0.1, -0.05) is 0 Å². The Hall–Kier alpha value is -0.0900. The van der Waals surface area contributed by atoms with Crippen molar-refractivity contribution in [2.75, 3.05) is 6.61 Å². The standard InChI is InChI=1S/C8H8IO/c1-2-4-8-7(3-1)5-6-10-9-8/h1-4H,5-6H2/q-1. The van der Waals surface area contributed by atoms with Gasteiger partial charge in [0, 0.05) is 0 Å². The number of benzene rings is 1. The summed E-state index contributed by atoms with van der Waals surface area (Å²) in [5, 5.41) is 0. The van der Waals surface area contributed by atoms with Crippen LogP contribution < -0.4 is 21.6 Å². The van der Waals surface area contributed by atoms with E-state index in [2.05, 4.69) is 24.3 Å². The number of hydrogen-bond acceptors (Lipinski definition) is 1. The molecule has 1 heterocycles. The van der Waals surface area contributed by atoms with Crippen LogP contribution in [-0.4, -0.2) is 6.61 Å². The third-order valence-electron chi connectivity index (χ3n) is 1.54. The van der Waals surface area contributed by atoms with E-state index in [0.717, 1.165) is 13.0 Å². The van der Waals surface area contributed by atoms with Gasteiger partial charge in [0.1, 0.15) is 0 Å². The summed E-state index contributed by atoms with van der Waals surface area (Å²) in [5.41, 5.74) is 1.50. The molecule has 2 rings (SSSR count). The number of halogens is 1. The van der Waals surface area contributed by atoms with Crippen molar-refractivity contribution in [2.24, 2.45) is 0 Å². The van der Waals surface area contributed by atoms with Crippen LogP contribution in [0.15, 0.2) is 24.3 Å². The first-order valence-corrected chi connectivity index (χ1v) is 5.27. The zero-order valence-corrected chi connectivity index (χ0v) is 7.67. The molecular weight excluding hydrogens is 239 g/mol. The summed E-state index contributed by atoms with van der Waals surface area (Å²) in [7, 11) is 0. The average Bonchev–Trinajstić information content (AvgIpc) is 2.05. The molecule has 0 atom stereocenters. The van der Waals surface area contributed by atoms with Gasteiger partial charge in [-0.05, 0) is 0 Å². The van der Waals surface area contributed by atoms with Gasteiger partial charge >= 0.3 is 71.1 Å². The number of rotatable bonds is 0. The van der Waals surface area contributed by atoms with Crippen LogP contribution in [-0.2, 0) is 9.49 Å². The van der Waals surface area contributed by atoms with Crippen LogP contribution in [0.4, 0.5) is 0 Å². The van der Waals surface area contributed by atoms with Crippen molar-refractivity contribution < 1.29 is 24.7 Å². The van der Waals surface area contributed by atoms with Crippen LogP contribution in [0.1, 0.15) is 5.56 Å². The zero-order valence-electron chi connectivity index (χ0n) is 5.51. The van der Waals surface area contributed by atoms with Crippen molar-refractivity contribution in [1.29, 1.82) is 0 Å². The van der Waals surface area contributed by atoms with E-state index in [9.17, 15) is 0 Å². The van der Waals surface area contributed by atoms with E-state index < -0.39 is 0 Å². The molecule has 0 unspecified atom stereocenters. The molecule has 1 aromatic rings. The fourth-order valence-corrected chi connectivity index (χ4v) is 2.88. The molecule has 1 aromatic carbocycles. The normalized spacial score (nSPS) is 17.2. The van der Waals surface area contributed by atoms with Crippen LogP contribution in [0, 0.1) is 3.57 Å². The summed E-state index contributed by atoms with van der Waals surface area (Å²) in [5.74, 6) is 0. The van der Waals surface area contributed by atoms with E-state index in [1.807, 2.05) is 0 Å². The number of fused-ring (bicyclic) bond motifs is 1. The maximum absolute atomic E-state index is 5.41. The molecule has 54 valence electrons. The van der Waals surface area contributed by atoms with E-state index in [1.165, 1.54) is 9.13 Å². The predicted octanol–water partition coefficient (Wildman–Crippen LogP) is -1.57. The van der Waals surface area contributed by atoms with Gasteiger partial charge in [-0.3, -0.25) is 0 Å². The van der Waals surface area contributed by atoms with Gasteiger partial charge in [-0.15, -0.1) is 0 Å². The van der Waals surface area contributed by atoms with E-state index in [1.54, 1.807) is 0 Å². The fourth-order valence-electron chi connectivity index (χ4n) is 1.02. The molecule has 1 aliphatic heterocycles. The second-order valence-corrected chi connectivity index (χ2v) is 4.46. The van der Waals surface area contributed by atoms with Crippen molar-refractivity contribution in [1.82, 2.24) is 0 Å². The van der Waals surface area contributed by atoms with Crippen LogP contribution in [0.25, 0.3) is 0 Å². The van der Waals surface area contributed by atoms with Crippen molar-refractivity contribution in [3.05, 3.63) is 33.4 Å². The molecule has 2 heteroatoms. The van der Waals surface area contributed by atoms with Crippen LogP contribution in [0.3, 0.4) is 0 Å². The van der Waals surface area contributed by atoms with Crippen molar-refractivity contribution in [2.45, 2.75) is 6.42 Å². The van der Waals surface area contributed by atoms with Crippen LogP contribution in [0.2, 0.25) is 0 Å². The molecule has 0 saturated carbocycles. The van der Waals surface area contributed by atoms with Crippen molar-refractivity contribution in [3.8, 4) is 0 Å².